The van der Waals surface area contributed by atoms with Crippen molar-refractivity contribution in [2.75, 3.05) is 31.7 Å². The maximum atomic E-state index is 12.9. The fourth-order valence-corrected chi connectivity index (χ4v) is 5.46. The number of aryl methyl sites for hydroxylation is 2. The van der Waals surface area contributed by atoms with Crippen LogP contribution in [0.5, 0.6) is 11.5 Å². The van der Waals surface area contributed by atoms with Gasteiger partial charge in [-0.15, -0.1) is 0 Å². The Hall–Kier alpha value is -2.88. The number of hydrogen-bond acceptors (Lipinski definition) is 7. The largest absolute Gasteiger partial charge is 0.490 e. The fourth-order valence-electron chi connectivity index (χ4n) is 4.19. The minimum absolute atomic E-state index is 0.0416. The average Bonchev–Trinajstić information content (AvgIpc) is 3.42. The maximum Gasteiger partial charge on any atom is 0.266 e. The Morgan fingerprint density at radius 2 is 1.97 bits per heavy atom. The van der Waals surface area contributed by atoms with Crippen LogP contribution in [0.3, 0.4) is 0 Å². The van der Waals surface area contributed by atoms with Gasteiger partial charge in [0.25, 0.3) is 11.8 Å². The van der Waals surface area contributed by atoms with Crippen molar-refractivity contribution >= 4 is 51.9 Å². The number of rotatable bonds is 9. The zero-order chi connectivity index (χ0) is 25.7. The molecule has 0 bridgehead atoms. The molecule has 2 fully saturated rings. The first-order chi connectivity index (χ1) is 17.3. The number of carbonyl (C=O) groups is 2. The number of amides is 2. The van der Waals surface area contributed by atoms with Crippen LogP contribution in [0.25, 0.3) is 6.08 Å². The number of nitrogens with zero attached hydrogens (tertiary/aromatic N) is 1. The molecule has 0 radical (unpaired) electrons. The van der Waals surface area contributed by atoms with Gasteiger partial charge in [-0.05, 0) is 80.6 Å². The van der Waals surface area contributed by atoms with E-state index >= 15 is 0 Å². The molecule has 0 aliphatic carbocycles. The third-order valence-corrected chi connectivity index (χ3v) is 7.09. The zero-order valence-electron chi connectivity index (χ0n) is 20.7. The quantitative estimate of drug-likeness (QED) is 0.360. The zero-order valence-corrected chi connectivity index (χ0v) is 22.3. The van der Waals surface area contributed by atoms with E-state index in [2.05, 4.69) is 5.32 Å². The van der Waals surface area contributed by atoms with Crippen molar-refractivity contribution in [2.45, 2.75) is 39.7 Å². The Morgan fingerprint density at radius 1 is 1.19 bits per heavy atom. The molecule has 1 atom stereocenters. The van der Waals surface area contributed by atoms with E-state index in [1.54, 1.807) is 23.1 Å². The topological polar surface area (TPSA) is 77.1 Å². The summed E-state index contributed by atoms with van der Waals surface area (Å²) < 4.78 is 17.7. The molecule has 2 aliphatic heterocycles. The van der Waals surface area contributed by atoms with Gasteiger partial charge in [0.15, 0.2) is 18.1 Å². The normalized spacial score (nSPS) is 18.7. The molecular weight excluding hydrogens is 496 g/mol. The number of hydrogen-bond donors (Lipinski definition) is 1. The number of anilines is 1. The van der Waals surface area contributed by atoms with E-state index < -0.39 is 0 Å². The molecule has 0 saturated carbocycles. The maximum absolute atomic E-state index is 12.9. The fraction of sp³-hybridized carbons (Fsp3) is 0.370. The molecule has 4 rings (SSSR count). The summed E-state index contributed by atoms with van der Waals surface area (Å²) in [5.41, 5.74) is 3.66. The van der Waals surface area contributed by atoms with Crippen molar-refractivity contribution in [3.05, 3.63) is 58.0 Å². The van der Waals surface area contributed by atoms with Gasteiger partial charge in [-0.25, -0.2) is 0 Å². The van der Waals surface area contributed by atoms with Crippen molar-refractivity contribution < 1.29 is 23.8 Å². The lowest BCUT2D eigenvalue weighted by Crippen LogP contribution is -2.35. The van der Waals surface area contributed by atoms with E-state index in [1.807, 2.05) is 45.0 Å². The summed E-state index contributed by atoms with van der Waals surface area (Å²) in [5, 5.41) is 2.86. The molecule has 36 heavy (non-hydrogen) atoms. The Balaban J connectivity index is 1.42. The molecule has 9 heteroatoms. The van der Waals surface area contributed by atoms with E-state index in [1.165, 1.54) is 11.8 Å². The van der Waals surface area contributed by atoms with Crippen LogP contribution in [0, 0.1) is 13.8 Å². The molecule has 2 aromatic rings. The van der Waals surface area contributed by atoms with Crippen LogP contribution in [-0.4, -0.2) is 53.5 Å². The van der Waals surface area contributed by atoms with Gasteiger partial charge in [0, 0.05) is 12.3 Å². The third-order valence-electron chi connectivity index (χ3n) is 5.71. The molecule has 2 heterocycles. The summed E-state index contributed by atoms with van der Waals surface area (Å²) in [5.74, 6) is 0.582. The smallest absolute Gasteiger partial charge is 0.266 e. The van der Waals surface area contributed by atoms with Crippen molar-refractivity contribution in [1.82, 2.24) is 4.90 Å². The molecule has 2 saturated heterocycles. The number of ether oxygens (including phenoxy) is 3. The highest BCUT2D eigenvalue weighted by atomic mass is 32.2. The van der Waals surface area contributed by atoms with E-state index in [4.69, 9.17) is 26.4 Å². The SMILES string of the molecule is CCOc1cc(/C=C2\SC(=S)N(C[C@@H]3CCCO3)C2=O)ccc1OCC(=O)Nc1cc(C)cc(C)c1. The lowest BCUT2D eigenvalue weighted by Gasteiger charge is -2.18. The van der Waals surface area contributed by atoms with Crippen molar-refractivity contribution in [1.29, 1.82) is 0 Å². The first-order valence-corrected chi connectivity index (χ1v) is 13.2. The summed E-state index contributed by atoms with van der Waals surface area (Å²) in [4.78, 5) is 27.6. The summed E-state index contributed by atoms with van der Waals surface area (Å²) in [7, 11) is 0. The minimum Gasteiger partial charge on any atom is -0.490 e. The van der Waals surface area contributed by atoms with Crippen LogP contribution < -0.4 is 14.8 Å². The Labute approximate surface area is 221 Å². The monoisotopic (exact) mass is 526 g/mol. The number of thioether (sulfide) groups is 1. The number of nitrogens with one attached hydrogen (secondary N) is 1. The second-order valence-corrected chi connectivity index (χ2v) is 10.5. The highest BCUT2D eigenvalue weighted by Gasteiger charge is 2.34. The molecule has 2 aromatic carbocycles. The van der Waals surface area contributed by atoms with Crippen LogP contribution in [0.2, 0.25) is 0 Å². The van der Waals surface area contributed by atoms with E-state index in [-0.39, 0.29) is 24.5 Å². The molecule has 7 nitrogen and oxygen atoms in total. The predicted octanol–water partition coefficient (Wildman–Crippen LogP) is 5.10. The van der Waals surface area contributed by atoms with Gasteiger partial charge in [0.2, 0.25) is 0 Å². The predicted molar refractivity (Wildman–Crippen MR) is 147 cm³/mol. The molecule has 2 amide bonds. The first-order valence-electron chi connectivity index (χ1n) is 12.0. The first kappa shape index (κ1) is 26.2. The number of benzene rings is 2. The molecule has 1 N–H and O–H groups in total. The Kier molecular flexibility index (Phi) is 8.66. The molecule has 0 unspecified atom stereocenters. The van der Waals surface area contributed by atoms with Crippen LogP contribution in [-0.2, 0) is 14.3 Å². The Bertz CT molecular complexity index is 1170. The summed E-state index contributed by atoms with van der Waals surface area (Å²) in [6, 6.07) is 11.2. The molecule has 0 spiro atoms. The van der Waals surface area contributed by atoms with Crippen LogP contribution in [0.15, 0.2) is 41.3 Å². The Morgan fingerprint density at radius 3 is 2.67 bits per heavy atom. The van der Waals surface area contributed by atoms with Crippen LogP contribution >= 0.6 is 24.0 Å². The minimum atomic E-state index is -0.263. The van der Waals surface area contributed by atoms with Gasteiger partial charge in [-0.3, -0.25) is 14.5 Å². The third kappa shape index (κ3) is 6.66. The molecule has 0 aromatic heterocycles. The summed E-state index contributed by atoms with van der Waals surface area (Å²) >= 11 is 6.73. The molecular formula is C27H30N2O5S2. The average molecular weight is 527 g/mol. The lowest BCUT2D eigenvalue weighted by molar-refractivity contribution is -0.123. The van der Waals surface area contributed by atoms with Crippen LogP contribution in [0.1, 0.15) is 36.5 Å². The van der Waals surface area contributed by atoms with Gasteiger partial charge in [0.1, 0.15) is 4.32 Å². The summed E-state index contributed by atoms with van der Waals surface area (Å²) in [6.45, 7) is 7.33. The molecule has 2 aliphatic rings. The van der Waals surface area contributed by atoms with E-state index in [0.717, 1.165) is 41.8 Å². The number of thiocarbonyl (C=S) groups is 1. The second-order valence-electron chi connectivity index (χ2n) is 8.78. The van der Waals surface area contributed by atoms with E-state index in [9.17, 15) is 9.59 Å². The highest BCUT2D eigenvalue weighted by Crippen LogP contribution is 2.35. The summed E-state index contributed by atoms with van der Waals surface area (Å²) in [6.07, 6.45) is 3.79. The van der Waals surface area contributed by atoms with E-state index in [0.29, 0.717) is 33.9 Å². The molecule has 190 valence electrons. The van der Waals surface area contributed by atoms with Crippen molar-refractivity contribution in [2.24, 2.45) is 0 Å². The highest BCUT2D eigenvalue weighted by molar-refractivity contribution is 8.26. The van der Waals surface area contributed by atoms with Gasteiger partial charge in [0.05, 0.1) is 24.2 Å². The van der Waals surface area contributed by atoms with Crippen molar-refractivity contribution in [3.63, 3.8) is 0 Å². The lowest BCUT2D eigenvalue weighted by atomic mass is 10.1. The van der Waals surface area contributed by atoms with Gasteiger partial charge in [-0.2, -0.15) is 0 Å². The number of carbonyl (C=O) groups excluding carboxylic acids is 2. The standard InChI is InChI=1S/C27H30N2O5S2/c1-4-32-23-13-19(14-24-26(31)29(27(35)36-24)15-21-6-5-9-33-21)7-8-22(23)34-16-25(30)28-20-11-17(2)10-18(3)12-20/h7-8,10-14,21H,4-6,9,15-16H2,1-3H3,(H,28,30)/b24-14-/t21-/m0/s1. The van der Waals surface area contributed by atoms with Gasteiger partial charge in [-0.1, -0.05) is 36.1 Å². The van der Waals surface area contributed by atoms with Crippen LogP contribution in [0.4, 0.5) is 5.69 Å². The second kappa shape index (κ2) is 11.9. The van der Waals surface area contributed by atoms with Crippen molar-refractivity contribution in [3.8, 4) is 11.5 Å². The van der Waals surface area contributed by atoms with Gasteiger partial charge >= 0.3 is 0 Å². The van der Waals surface area contributed by atoms with Gasteiger partial charge < -0.3 is 19.5 Å².